The second kappa shape index (κ2) is 11.4. The topological polar surface area (TPSA) is 64.6 Å². The Labute approximate surface area is 163 Å². The fourth-order valence-corrected chi connectivity index (χ4v) is 5.59. The van der Waals surface area contributed by atoms with Gasteiger partial charge in [-0.1, -0.05) is 28.0 Å². The van der Waals surface area contributed by atoms with Crippen LogP contribution in [0, 0.1) is 0 Å². The fourth-order valence-electron chi connectivity index (χ4n) is 2.56. The Balaban J connectivity index is 1.64. The molecule has 1 aromatic carbocycles. The first kappa shape index (κ1) is 21.0. The molecule has 1 saturated heterocycles. The summed E-state index contributed by atoms with van der Waals surface area (Å²) in [5.74, 6) is 1.34. The SMILES string of the molecule is CCOc1ccc(NC(=O)[C@H](C)OC(=O)CCCC[C@@H]2CCSS2)cc1. The molecule has 1 amide bonds. The summed E-state index contributed by atoms with van der Waals surface area (Å²) in [6, 6.07) is 7.10. The molecule has 7 heteroatoms. The van der Waals surface area contributed by atoms with Gasteiger partial charge in [-0.2, -0.15) is 0 Å². The Morgan fingerprint density at radius 3 is 2.69 bits per heavy atom. The van der Waals surface area contributed by atoms with Gasteiger partial charge in [0.05, 0.1) is 6.61 Å². The summed E-state index contributed by atoms with van der Waals surface area (Å²) in [5, 5.41) is 3.48. The zero-order valence-corrected chi connectivity index (χ0v) is 17.0. The lowest BCUT2D eigenvalue weighted by Gasteiger charge is -2.14. The van der Waals surface area contributed by atoms with Gasteiger partial charge in [0.15, 0.2) is 6.10 Å². The van der Waals surface area contributed by atoms with Crippen molar-refractivity contribution in [3.63, 3.8) is 0 Å². The molecular formula is C19H27NO4S2. The van der Waals surface area contributed by atoms with Crippen molar-refractivity contribution in [3.8, 4) is 5.75 Å². The molecule has 2 atom stereocenters. The molecule has 0 aliphatic carbocycles. The number of amides is 1. The molecule has 1 aliphatic rings. The maximum atomic E-state index is 12.1. The van der Waals surface area contributed by atoms with Crippen LogP contribution >= 0.6 is 21.6 Å². The Morgan fingerprint density at radius 2 is 2.04 bits per heavy atom. The van der Waals surface area contributed by atoms with E-state index in [0.29, 0.717) is 18.7 Å². The number of esters is 1. The van der Waals surface area contributed by atoms with Crippen LogP contribution in [0.3, 0.4) is 0 Å². The number of hydrogen-bond acceptors (Lipinski definition) is 6. The molecule has 0 spiro atoms. The van der Waals surface area contributed by atoms with Crippen LogP contribution < -0.4 is 10.1 Å². The maximum Gasteiger partial charge on any atom is 0.306 e. The van der Waals surface area contributed by atoms with E-state index >= 15 is 0 Å². The van der Waals surface area contributed by atoms with Gasteiger partial charge in [0.25, 0.3) is 5.91 Å². The average molecular weight is 398 g/mol. The number of hydrogen-bond donors (Lipinski definition) is 1. The van der Waals surface area contributed by atoms with E-state index in [2.05, 4.69) is 5.32 Å². The smallest absolute Gasteiger partial charge is 0.306 e. The first-order valence-corrected chi connectivity index (χ1v) is 11.5. The summed E-state index contributed by atoms with van der Waals surface area (Å²) in [6.07, 6.45) is 3.82. The quantitative estimate of drug-likeness (QED) is 0.352. The second-order valence-corrected chi connectivity index (χ2v) is 8.94. The predicted molar refractivity (Wildman–Crippen MR) is 109 cm³/mol. The Morgan fingerprint density at radius 1 is 1.27 bits per heavy atom. The van der Waals surface area contributed by atoms with Crippen molar-refractivity contribution in [1.82, 2.24) is 0 Å². The highest BCUT2D eigenvalue weighted by Crippen LogP contribution is 2.39. The molecule has 5 nitrogen and oxygen atoms in total. The molecule has 0 aromatic heterocycles. The Bertz CT molecular complexity index is 573. The largest absolute Gasteiger partial charge is 0.494 e. The molecule has 1 aliphatic heterocycles. The summed E-state index contributed by atoms with van der Waals surface area (Å²) < 4.78 is 10.6. The number of unbranched alkanes of at least 4 members (excludes halogenated alkanes) is 1. The van der Waals surface area contributed by atoms with Crippen LogP contribution in [0.2, 0.25) is 0 Å². The zero-order chi connectivity index (χ0) is 18.8. The highest BCUT2D eigenvalue weighted by Gasteiger charge is 2.19. The van der Waals surface area contributed by atoms with Crippen molar-refractivity contribution < 1.29 is 19.1 Å². The minimum atomic E-state index is -0.809. The van der Waals surface area contributed by atoms with E-state index in [-0.39, 0.29) is 11.9 Å². The highest BCUT2D eigenvalue weighted by molar-refractivity contribution is 8.77. The minimum absolute atomic E-state index is 0.312. The molecule has 144 valence electrons. The van der Waals surface area contributed by atoms with E-state index in [1.807, 2.05) is 28.5 Å². The minimum Gasteiger partial charge on any atom is -0.494 e. The standard InChI is InChI=1S/C19H27NO4S2/c1-3-23-16-10-8-15(9-11-16)20-19(22)14(2)24-18(21)7-5-4-6-17-12-13-25-26-17/h8-11,14,17H,3-7,12-13H2,1-2H3,(H,20,22)/t14-,17+/m0/s1. The molecule has 1 fully saturated rings. The van der Waals surface area contributed by atoms with Crippen LogP contribution in [-0.2, 0) is 14.3 Å². The predicted octanol–water partition coefficient (Wildman–Crippen LogP) is 4.67. The molecule has 0 unspecified atom stereocenters. The summed E-state index contributed by atoms with van der Waals surface area (Å²) in [4.78, 5) is 24.0. The fraction of sp³-hybridized carbons (Fsp3) is 0.579. The van der Waals surface area contributed by atoms with Crippen molar-refractivity contribution in [3.05, 3.63) is 24.3 Å². The van der Waals surface area contributed by atoms with Gasteiger partial charge in [-0.3, -0.25) is 9.59 Å². The van der Waals surface area contributed by atoms with E-state index in [1.165, 1.54) is 12.2 Å². The third-order valence-electron chi connectivity index (χ3n) is 3.99. The molecule has 0 saturated carbocycles. The van der Waals surface area contributed by atoms with E-state index in [1.54, 1.807) is 31.2 Å². The van der Waals surface area contributed by atoms with Crippen molar-refractivity contribution in [2.75, 3.05) is 17.7 Å². The number of benzene rings is 1. The van der Waals surface area contributed by atoms with Crippen LogP contribution in [0.1, 0.15) is 46.0 Å². The number of anilines is 1. The van der Waals surface area contributed by atoms with Crippen LogP contribution in [0.15, 0.2) is 24.3 Å². The Kier molecular flexibility index (Phi) is 9.18. The molecule has 1 aromatic rings. The normalized spacial score (nSPS) is 17.5. The lowest BCUT2D eigenvalue weighted by atomic mass is 10.1. The number of carbonyl (C=O) groups excluding carboxylic acids is 2. The average Bonchev–Trinajstić information content (AvgIpc) is 3.14. The van der Waals surface area contributed by atoms with Crippen LogP contribution in [0.25, 0.3) is 0 Å². The lowest BCUT2D eigenvalue weighted by molar-refractivity contribution is -0.153. The number of nitrogens with one attached hydrogen (secondary N) is 1. The molecule has 1 heterocycles. The lowest BCUT2D eigenvalue weighted by Crippen LogP contribution is -2.29. The van der Waals surface area contributed by atoms with Crippen molar-refractivity contribution in [2.45, 2.75) is 57.3 Å². The van der Waals surface area contributed by atoms with Crippen molar-refractivity contribution >= 4 is 39.2 Å². The third kappa shape index (κ3) is 7.50. The number of ether oxygens (including phenoxy) is 2. The van der Waals surface area contributed by atoms with Crippen molar-refractivity contribution in [1.29, 1.82) is 0 Å². The maximum absolute atomic E-state index is 12.1. The van der Waals surface area contributed by atoms with Crippen LogP contribution in [0.5, 0.6) is 5.75 Å². The van der Waals surface area contributed by atoms with E-state index < -0.39 is 6.10 Å². The van der Waals surface area contributed by atoms with E-state index in [4.69, 9.17) is 9.47 Å². The van der Waals surface area contributed by atoms with Gasteiger partial charge in [-0.05, 0) is 57.4 Å². The first-order valence-electron chi connectivity index (χ1n) is 9.10. The van der Waals surface area contributed by atoms with E-state index in [9.17, 15) is 9.59 Å². The van der Waals surface area contributed by atoms with Gasteiger partial charge in [0, 0.05) is 23.1 Å². The van der Waals surface area contributed by atoms with Crippen molar-refractivity contribution in [2.24, 2.45) is 0 Å². The molecule has 0 radical (unpaired) electrons. The van der Waals surface area contributed by atoms with Gasteiger partial charge in [0.2, 0.25) is 0 Å². The number of carbonyl (C=O) groups is 2. The summed E-state index contributed by atoms with van der Waals surface area (Å²) in [7, 11) is 3.90. The monoisotopic (exact) mass is 397 g/mol. The molecular weight excluding hydrogens is 370 g/mol. The Hall–Kier alpha value is -1.34. The summed E-state index contributed by atoms with van der Waals surface area (Å²) >= 11 is 0. The van der Waals surface area contributed by atoms with Gasteiger partial charge in [0.1, 0.15) is 5.75 Å². The molecule has 2 rings (SSSR count). The second-order valence-electron chi connectivity index (χ2n) is 6.15. The van der Waals surface area contributed by atoms with Gasteiger partial charge in [-0.25, -0.2) is 0 Å². The molecule has 0 bridgehead atoms. The zero-order valence-electron chi connectivity index (χ0n) is 15.4. The molecule has 1 N–H and O–H groups in total. The highest BCUT2D eigenvalue weighted by atomic mass is 33.1. The van der Waals surface area contributed by atoms with Gasteiger partial charge < -0.3 is 14.8 Å². The third-order valence-corrected chi connectivity index (χ3v) is 7.00. The summed E-state index contributed by atoms with van der Waals surface area (Å²) in [6.45, 7) is 4.10. The summed E-state index contributed by atoms with van der Waals surface area (Å²) in [5.41, 5.74) is 0.647. The van der Waals surface area contributed by atoms with Crippen LogP contribution in [-0.4, -0.2) is 35.6 Å². The molecule has 26 heavy (non-hydrogen) atoms. The van der Waals surface area contributed by atoms with Crippen LogP contribution in [0.4, 0.5) is 5.69 Å². The van der Waals surface area contributed by atoms with Gasteiger partial charge in [-0.15, -0.1) is 0 Å². The van der Waals surface area contributed by atoms with Gasteiger partial charge >= 0.3 is 5.97 Å². The van der Waals surface area contributed by atoms with E-state index in [0.717, 1.165) is 30.3 Å². The number of rotatable bonds is 10. The first-order chi connectivity index (χ1) is 12.6.